The van der Waals surface area contributed by atoms with Crippen LogP contribution in [-0.2, 0) is 16.1 Å². The van der Waals surface area contributed by atoms with Gasteiger partial charge in [0, 0.05) is 0 Å². The number of nitrogens with one attached hydrogen (secondary N) is 1. The summed E-state index contributed by atoms with van der Waals surface area (Å²) >= 11 is 3.37. The average Bonchev–Trinajstić information content (AvgIpc) is 3.21. The average molecular weight is 432 g/mol. The van der Waals surface area contributed by atoms with Gasteiger partial charge in [0.25, 0.3) is 0 Å². The third-order valence-corrected chi connectivity index (χ3v) is 4.64. The molecule has 0 bridgehead atoms. The van der Waals surface area contributed by atoms with E-state index in [0.717, 1.165) is 10.2 Å². The van der Waals surface area contributed by atoms with Gasteiger partial charge in [-0.25, -0.2) is 9.48 Å². The Hall–Kier alpha value is -2.94. The summed E-state index contributed by atoms with van der Waals surface area (Å²) in [5.74, 6) is -0.626. The zero-order valence-corrected chi connectivity index (χ0v) is 16.4. The smallest absolute Gasteiger partial charge is 0.343 e. The lowest BCUT2D eigenvalue weighted by molar-refractivity contribution is -0.117. The Kier molecular flexibility index (Phi) is 5.70. The first-order chi connectivity index (χ1) is 13.0. The summed E-state index contributed by atoms with van der Waals surface area (Å²) < 4.78 is 8.95. The molecule has 1 aromatic carbocycles. The number of carbonyl (C=O) groups is 2. The molecular formula is C18H18BrN5O3. The van der Waals surface area contributed by atoms with Crippen molar-refractivity contribution in [3.63, 3.8) is 0 Å². The molecule has 8 nitrogen and oxygen atoms in total. The lowest BCUT2D eigenvalue weighted by Crippen LogP contribution is -2.23. The monoisotopic (exact) mass is 431 g/mol. The summed E-state index contributed by atoms with van der Waals surface area (Å²) in [4.78, 5) is 24.8. The van der Waals surface area contributed by atoms with Gasteiger partial charge in [-0.3, -0.25) is 9.48 Å². The third-order valence-electron chi connectivity index (χ3n) is 3.86. The lowest BCUT2D eigenvalue weighted by atomic mass is 10.3. The minimum Gasteiger partial charge on any atom is -0.462 e. The SMILES string of the molecule is CCOC(=O)c1cnn(-c2ccccc2)c1NC(=O)Cn1ncc(Br)c1C. The van der Waals surface area contributed by atoms with Crippen LogP contribution in [0.4, 0.5) is 5.82 Å². The van der Waals surface area contributed by atoms with Crippen molar-refractivity contribution in [3.05, 3.63) is 58.5 Å². The van der Waals surface area contributed by atoms with Gasteiger partial charge in [0.15, 0.2) is 5.82 Å². The molecule has 0 aliphatic heterocycles. The van der Waals surface area contributed by atoms with E-state index in [1.54, 1.807) is 17.8 Å². The van der Waals surface area contributed by atoms with Gasteiger partial charge in [-0.05, 0) is 41.9 Å². The molecule has 2 aromatic heterocycles. The molecule has 1 amide bonds. The zero-order valence-electron chi connectivity index (χ0n) is 14.8. The van der Waals surface area contributed by atoms with Crippen molar-refractivity contribution in [2.75, 3.05) is 11.9 Å². The van der Waals surface area contributed by atoms with Gasteiger partial charge in [0.1, 0.15) is 12.1 Å². The summed E-state index contributed by atoms with van der Waals surface area (Å²) in [5.41, 5.74) is 1.72. The van der Waals surface area contributed by atoms with E-state index in [0.29, 0.717) is 5.69 Å². The number of esters is 1. The van der Waals surface area contributed by atoms with Crippen LogP contribution in [0.5, 0.6) is 0 Å². The molecule has 0 spiro atoms. The Bertz CT molecular complexity index is 965. The van der Waals surface area contributed by atoms with Gasteiger partial charge in [-0.2, -0.15) is 10.2 Å². The predicted octanol–water partition coefficient (Wildman–Crippen LogP) is 2.96. The van der Waals surface area contributed by atoms with E-state index < -0.39 is 5.97 Å². The maximum Gasteiger partial charge on any atom is 0.343 e. The highest BCUT2D eigenvalue weighted by molar-refractivity contribution is 9.10. The molecule has 27 heavy (non-hydrogen) atoms. The van der Waals surface area contributed by atoms with Gasteiger partial charge in [-0.15, -0.1) is 0 Å². The second-order valence-electron chi connectivity index (χ2n) is 5.66. The second-order valence-corrected chi connectivity index (χ2v) is 6.51. The largest absolute Gasteiger partial charge is 0.462 e. The summed E-state index contributed by atoms with van der Waals surface area (Å²) in [7, 11) is 0. The van der Waals surface area contributed by atoms with Crippen LogP contribution < -0.4 is 5.32 Å². The lowest BCUT2D eigenvalue weighted by Gasteiger charge is -2.11. The molecule has 0 saturated heterocycles. The quantitative estimate of drug-likeness (QED) is 0.605. The molecular weight excluding hydrogens is 414 g/mol. The Labute approximate surface area is 164 Å². The van der Waals surface area contributed by atoms with Gasteiger partial charge in [-0.1, -0.05) is 18.2 Å². The maximum absolute atomic E-state index is 12.6. The molecule has 0 aliphatic carbocycles. The van der Waals surface area contributed by atoms with Crippen LogP contribution in [0.1, 0.15) is 23.0 Å². The second kappa shape index (κ2) is 8.17. The number of halogens is 1. The van der Waals surface area contributed by atoms with E-state index in [2.05, 4.69) is 31.4 Å². The fourth-order valence-corrected chi connectivity index (χ4v) is 2.78. The first-order valence-corrected chi connectivity index (χ1v) is 9.09. The molecule has 3 aromatic rings. The molecule has 0 aliphatic rings. The summed E-state index contributed by atoms with van der Waals surface area (Å²) in [6.45, 7) is 3.79. The molecule has 0 radical (unpaired) electrons. The number of benzene rings is 1. The van der Waals surface area contributed by atoms with E-state index in [9.17, 15) is 9.59 Å². The van der Waals surface area contributed by atoms with E-state index >= 15 is 0 Å². The topological polar surface area (TPSA) is 91.0 Å². The molecule has 0 atom stereocenters. The number of nitrogens with zero attached hydrogens (tertiary/aromatic N) is 4. The van der Waals surface area contributed by atoms with Crippen molar-refractivity contribution in [1.29, 1.82) is 0 Å². The molecule has 0 fully saturated rings. The van der Waals surface area contributed by atoms with Gasteiger partial charge >= 0.3 is 5.97 Å². The normalized spacial score (nSPS) is 10.6. The van der Waals surface area contributed by atoms with Crippen molar-refractivity contribution in [2.24, 2.45) is 0 Å². The minimum absolute atomic E-state index is 0.000329. The van der Waals surface area contributed by atoms with Crippen molar-refractivity contribution in [3.8, 4) is 5.69 Å². The molecule has 3 rings (SSSR count). The minimum atomic E-state index is -0.548. The standard InChI is InChI=1S/C18H18BrN5O3/c1-3-27-18(26)14-9-21-24(13-7-5-4-6-8-13)17(14)22-16(25)11-23-12(2)15(19)10-20-23/h4-10H,3,11H2,1-2H3,(H,22,25). The fourth-order valence-electron chi connectivity index (χ4n) is 2.48. The van der Waals surface area contributed by atoms with Crippen molar-refractivity contribution in [2.45, 2.75) is 20.4 Å². The van der Waals surface area contributed by atoms with E-state index in [1.807, 2.05) is 37.3 Å². The first kappa shape index (κ1) is 18.8. The number of rotatable bonds is 6. The van der Waals surface area contributed by atoms with Gasteiger partial charge in [0.05, 0.1) is 34.9 Å². The molecule has 140 valence electrons. The van der Waals surface area contributed by atoms with Crippen LogP contribution in [0, 0.1) is 6.92 Å². The number of ether oxygens (including phenoxy) is 1. The molecule has 9 heteroatoms. The highest BCUT2D eigenvalue weighted by atomic mass is 79.9. The molecule has 1 N–H and O–H groups in total. The fraction of sp³-hybridized carbons (Fsp3) is 0.222. The summed E-state index contributed by atoms with van der Waals surface area (Å²) in [6.07, 6.45) is 3.01. The van der Waals surface area contributed by atoms with Crippen LogP contribution in [-0.4, -0.2) is 38.0 Å². The van der Waals surface area contributed by atoms with E-state index in [4.69, 9.17) is 4.74 Å². The first-order valence-electron chi connectivity index (χ1n) is 8.29. The van der Waals surface area contributed by atoms with Crippen molar-refractivity contribution < 1.29 is 14.3 Å². The zero-order chi connectivity index (χ0) is 19.4. The number of aromatic nitrogens is 4. The number of hydrogen-bond donors (Lipinski definition) is 1. The highest BCUT2D eigenvalue weighted by Gasteiger charge is 2.22. The Morgan fingerprint density at radius 3 is 2.56 bits per heavy atom. The van der Waals surface area contributed by atoms with Crippen LogP contribution in [0.2, 0.25) is 0 Å². The number of carbonyl (C=O) groups excluding carboxylic acids is 2. The van der Waals surface area contributed by atoms with Gasteiger partial charge < -0.3 is 10.1 Å². The Morgan fingerprint density at radius 1 is 1.19 bits per heavy atom. The van der Waals surface area contributed by atoms with Crippen LogP contribution in [0.3, 0.4) is 0 Å². The van der Waals surface area contributed by atoms with Crippen LogP contribution >= 0.6 is 15.9 Å². The highest BCUT2D eigenvalue weighted by Crippen LogP contribution is 2.22. The summed E-state index contributed by atoms with van der Waals surface area (Å²) in [6, 6.07) is 9.21. The van der Waals surface area contributed by atoms with Crippen LogP contribution in [0.25, 0.3) is 5.69 Å². The Balaban J connectivity index is 1.91. The van der Waals surface area contributed by atoms with Crippen molar-refractivity contribution >= 4 is 33.6 Å². The Morgan fingerprint density at radius 2 is 1.93 bits per heavy atom. The number of para-hydroxylation sites is 1. The van der Waals surface area contributed by atoms with E-state index in [-0.39, 0.29) is 30.4 Å². The van der Waals surface area contributed by atoms with Crippen LogP contribution in [0.15, 0.2) is 47.2 Å². The predicted molar refractivity (Wildman–Crippen MR) is 103 cm³/mol. The number of amides is 1. The number of hydrogen-bond acceptors (Lipinski definition) is 5. The molecule has 2 heterocycles. The number of anilines is 1. The van der Waals surface area contributed by atoms with E-state index in [1.165, 1.54) is 10.9 Å². The van der Waals surface area contributed by atoms with Crippen molar-refractivity contribution in [1.82, 2.24) is 19.6 Å². The third kappa shape index (κ3) is 4.08. The maximum atomic E-state index is 12.6. The van der Waals surface area contributed by atoms with Gasteiger partial charge in [0.2, 0.25) is 5.91 Å². The molecule has 0 unspecified atom stereocenters. The summed E-state index contributed by atoms with van der Waals surface area (Å²) in [5, 5.41) is 11.2. The molecule has 0 saturated carbocycles.